The Morgan fingerprint density at radius 1 is 1.43 bits per heavy atom. The van der Waals surface area contributed by atoms with Gasteiger partial charge in [0.15, 0.2) is 5.16 Å². The van der Waals surface area contributed by atoms with Crippen LogP contribution in [0.4, 0.5) is 0 Å². The standard InChI is InChI=1S/C15H19N3O2S/c1-16-14(20)13(8-11-6-4-3-5-7-11)21-15-17-9-12(10-19)18(15)2/h3-7,9,13,19H,8,10H2,1-2H3,(H,16,20). The van der Waals surface area contributed by atoms with E-state index in [0.717, 1.165) is 16.4 Å². The summed E-state index contributed by atoms with van der Waals surface area (Å²) in [4.78, 5) is 16.4. The van der Waals surface area contributed by atoms with Gasteiger partial charge in [-0.15, -0.1) is 0 Å². The van der Waals surface area contributed by atoms with Gasteiger partial charge >= 0.3 is 0 Å². The second-order valence-corrected chi connectivity index (χ2v) is 5.83. The van der Waals surface area contributed by atoms with Gasteiger partial charge in [0.2, 0.25) is 5.91 Å². The van der Waals surface area contributed by atoms with Crippen LogP contribution >= 0.6 is 11.8 Å². The van der Waals surface area contributed by atoms with E-state index in [2.05, 4.69) is 10.3 Å². The van der Waals surface area contributed by atoms with Crippen LogP contribution in [0, 0.1) is 0 Å². The van der Waals surface area contributed by atoms with E-state index in [1.165, 1.54) is 11.8 Å². The van der Waals surface area contributed by atoms with Crippen molar-refractivity contribution < 1.29 is 9.90 Å². The van der Waals surface area contributed by atoms with Gasteiger partial charge in [0.05, 0.1) is 23.7 Å². The molecular weight excluding hydrogens is 286 g/mol. The maximum Gasteiger partial charge on any atom is 0.233 e. The highest BCUT2D eigenvalue weighted by Gasteiger charge is 2.22. The quantitative estimate of drug-likeness (QED) is 0.791. The average molecular weight is 305 g/mol. The molecule has 0 aliphatic carbocycles. The second kappa shape index (κ2) is 7.28. The fraction of sp³-hybridized carbons (Fsp3) is 0.333. The van der Waals surface area contributed by atoms with E-state index in [4.69, 9.17) is 0 Å². The normalized spacial score (nSPS) is 12.1. The lowest BCUT2D eigenvalue weighted by Crippen LogP contribution is -2.31. The number of carbonyl (C=O) groups excluding carboxylic acids is 1. The zero-order valence-corrected chi connectivity index (χ0v) is 12.9. The van der Waals surface area contributed by atoms with Crippen LogP contribution in [0.1, 0.15) is 11.3 Å². The molecule has 1 aromatic heterocycles. The van der Waals surface area contributed by atoms with Crippen molar-refractivity contribution in [3.63, 3.8) is 0 Å². The molecule has 0 bridgehead atoms. The van der Waals surface area contributed by atoms with E-state index in [1.807, 2.05) is 41.9 Å². The zero-order chi connectivity index (χ0) is 15.2. The Morgan fingerprint density at radius 2 is 2.14 bits per heavy atom. The summed E-state index contributed by atoms with van der Waals surface area (Å²) in [7, 11) is 3.47. The lowest BCUT2D eigenvalue weighted by atomic mass is 10.1. The molecule has 0 spiro atoms. The highest BCUT2D eigenvalue weighted by atomic mass is 32.2. The molecule has 2 N–H and O–H groups in total. The zero-order valence-electron chi connectivity index (χ0n) is 12.1. The third-order valence-electron chi connectivity index (χ3n) is 3.25. The Morgan fingerprint density at radius 3 is 2.71 bits per heavy atom. The molecule has 0 aliphatic heterocycles. The summed E-state index contributed by atoms with van der Waals surface area (Å²) in [6.07, 6.45) is 2.26. The average Bonchev–Trinajstić information content (AvgIpc) is 2.87. The molecule has 0 saturated carbocycles. The molecule has 6 heteroatoms. The fourth-order valence-electron chi connectivity index (χ4n) is 1.99. The smallest absolute Gasteiger partial charge is 0.233 e. The number of nitrogens with zero attached hydrogens (tertiary/aromatic N) is 2. The fourth-order valence-corrected chi connectivity index (χ4v) is 3.13. The van der Waals surface area contributed by atoms with Crippen LogP contribution in [0.5, 0.6) is 0 Å². The molecule has 0 saturated heterocycles. The van der Waals surface area contributed by atoms with Gasteiger partial charge in [-0.05, 0) is 12.0 Å². The summed E-state index contributed by atoms with van der Waals surface area (Å²) < 4.78 is 1.81. The van der Waals surface area contributed by atoms with E-state index in [1.54, 1.807) is 13.2 Å². The number of hydrogen-bond donors (Lipinski definition) is 2. The molecule has 0 aliphatic rings. The van der Waals surface area contributed by atoms with Crippen molar-refractivity contribution in [3.05, 3.63) is 47.8 Å². The molecular formula is C15H19N3O2S. The van der Waals surface area contributed by atoms with Crippen molar-refractivity contribution in [2.24, 2.45) is 7.05 Å². The Hall–Kier alpha value is -1.79. The van der Waals surface area contributed by atoms with Crippen molar-refractivity contribution >= 4 is 17.7 Å². The lowest BCUT2D eigenvalue weighted by Gasteiger charge is -2.15. The lowest BCUT2D eigenvalue weighted by molar-refractivity contribution is -0.120. The number of aliphatic hydroxyl groups excluding tert-OH is 1. The minimum Gasteiger partial charge on any atom is -0.390 e. The highest BCUT2D eigenvalue weighted by molar-refractivity contribution is 8.00. The summed E-state index contributed by atoms with van der Waals surface area (Å²) in [5, 5.41) is 12.4. The first-order chi connectivity index (χ1) is 10.2. The van der Waals surface area contributed by atoms with Gasteiger partial charge in [-0.2, -0.15) is 0 Å². The predicted molar refractivity (Wildman–Crippen MR) is 83.0 cm³/mol. The Kier molecular flexibility index (Phi) is 5.41. The molecule has 112 valence electrons. The van der Waals surface area contributed by atoms with Crippen molar-refractivity contribution in [2.45, 2.75) is 23.4 Å². The van der Waals surface area contributed by atoms with E-state index < -0.39 is 0 Å². The highest BCUT2D eigenvalue weighted by Crippen LogP contribution is 2.25. The SMILES string of the molecule is CNC(=O)C(Cc1ccccc1)Sc1ncc(CO)n1C. The number of carbonyl (C=O) groups is 1. The van der Waals surface area contributed by atoms with E-state index in [0.29, 0.717) is 6.42 Å². The molecule has 1 atom stereocenters. The first-order valence-electron chi connectivity index (χ1n) is 6.69. The summed E-state index contributed by atoms with van der Waals surface area (Å²) >= 11 is 1.41. The van der Waals surface area contributed by atoms with Crippen LogP contribution in [0.2, 0.25) is 0 Å². The van der Waals surface area contributed by atoms with E-state index in [9.17, 15) is 9.90 Å². The molecule has 1 unspecified atom stereocenters. The van der Waals surface area contributed by atoms with Crippen molar-refractivity contribution in [1.82, 2.24) is 14.9 Å². The summed E-state index contributed by atoms with van der Waals surface area (Å²) in [5.74, 6) is -0.0302. The van der Waals surface area contributed by atoms with Gasteiger partial charge < -0.3 is 15.0 Å². The predicted octanol–water partition coefficient (Wildman–Crippen LogP) is 1.36. The van der Waals surface area contributed by atoms with Crippen LogP contribution in [0.3, 0.4) is 0 Å². The molecule has 5 nitrogen and oxygen atoms in total. The molecule has 2 rings (SSSR count). The number of hydrogen-bond acceptors (Lipinski definition) is 4. The number of benzene rings is 1. The third-order valence-corrected chi connectivity index (χ3v) is 4.51. The van der Waals surface area contributed by atoms with Gasteiger partial charge in [-0.25, -0.2) is 4.98 Å². The number of amides is 1. The molecule has 0 radical (unpaired) electrons. The van der Waals surface area contributed by atoms with Gasteiger partial charge in [0.25, 0.3) is 0 Å². The topological polar surface area (TPSA) is 67.2 Å². The molecule has 1 amide bonds. The largest absolute Gasteiger partial charge is 0.390 e. The van der Waals surface area contributed by atoms with Crippen LogP contribution in [0.25, 0.3) is 0 Å². The summed E-state index contributed by atoms with van der Waals surface area (Å²) in [6, 6.07) is 9.90. The summed E-state index contributed by atoms with van der Waals surface area (Å²) in [5.41, 5.74) is 1.84. The molecule has 1 aromatic carbocycles. The minimum atomic E-state index is -0.259. The monoisotopic (exact) mass is 305 g/mol. The number of rotatable bonds is 6. The number of nitrogens with one attached hydrogen (secondary N) is 1. The number of aromatic nitrogens is 2. The van der Waals surface area contributed by atoms with Crippen molar-refractivity contribution in [1.29, 1.82) is 0 Å². The number of thioether (sulfide) groups is 1. The van der Waals surface area contributed by atoms with E-state index in [-0.39, 0.29) is 17.8 Å². The molecule has 0 fully saturated rings. The van der Waals surface area contributed by atoms with Crippen molar-refractivity contribution in [3.8, 4) is 0 Å². The van der Waals surface area contributed by atoms with Gasteiger partial charge in [0.1, 0.15) is 0 Å². The minimum absolute atomic E-state index is 0.0302. The van der Waals surface area contributed by atoms with Gasteiger partial charge in [-0.3, -0.25) is 4.79 Å². The maximum absolute atomic E-state index is 12.1. The molecule has 1 heterocycles. The number of imidazole rings is 1. The molecule has 21 heavy (non-hydrogen) atoms. The van der Waals surface area contributed by atoms with Crippen molar-refractivity contribution in [2.75, 3.05) is 7.05 Å². The van der Waals surface area contributed by atoms with Crippen LogP contribution < -0.4 is 5.32 Å². The molecule has 2 aromatic rings. The Bertz CT molecular complexity index is 598. The Balaban J connectivity index is 2.16. The third kappa shape index (κ3) is 3.86. The van der Waals surface area contributed by atoms with Crippen LogP contribution in [0.15, 0.2) is 41.7 Å². The van der Waals surface area contributed by atoms with Gasteiger partial charge in [0, 0.05) is 14.1 Å². The first-order valence-corrected chi connectivity index (χ1v) is 7.57. The number of aliphatic hydroxyl groups is 1. The Labute approximate surface area is 128 Å². The van der Waals surface area contributed by atoms with Gasteiger partial charge in [-0.1, -0.05) is 42.1 Å². The maximum atomic E-state index is 12.1. The van der Waals surface area contributed by atoms with Crippen LogP contribution in [-0.4, -0.2) is 32.9 Å². The first kappa shape index (κ1) is 15.6. The van der Waals surface area contributed by atoms with Crippen LogP contribution in [-0.2, 0) is 24.9 Å². The second-order valence-electron chi connectivity index (χ2n) is 4.66. The summed E-state index contributed by atoms with van der Waals surface area (Å²) in [6.45, 7) is -0.0621. The van der Waals surface area contributed by atoms with E-state index >= 15 is 0 Å².